The van der Waals surface area contributed by atoms with Gasteiger partial charge in [0.15, 0.2) is 0 Å². The van der Waals surface area contributed by atoms with Gasteiger partial charge in [-0.25, -0.2) is 4.79 Å². The lowest BCUT2D eigenvalue weighted by Crippen LogP contribution is -2.50. The largest absolute Gasteiger partial charge is 0.383 e. The zero-order valence-electron chi connectivity index (χ0n) is 14.9. The van der Waals surface area contributed by atoms with E-state index in [1.165, 1.54) is 0 Å². The molecule has 0 radical (unpaired) electrons. The zero-order chi connectivity index (χ0) is 17.3. The van der Waals surface area contributed by atoms with E-state index in [9.17, 15) is 9.90 Å². The quantitative estimate of drug-likeness (QED) is 0.794. The fraction of sp³-hybridized carbons (Fsp3) is 0.765. The Morgan fingerprint density at radius 2 is 2.26 bits per heavy atom. The minimum Gasteiger partial charge on any atom is -0.383 e. The van der Waals surface area contributed by atoms with Crippen molar-refractivity contribution in [1.29, 1.82) is 0 Å². The Balaban J connectivity index is 1.83. The molecule has 0 saturated heterocycles. The number of carbonyl (C=O) groups excluding carboxylic acids is 1. The molecule has 3 atom stereocenters. The fourth-order valence-corrected chi connectivity index (χ4v) is 3.43. The summed E-state index contributed by atoms with van der Waals surface area (Å²) in [6.45, 7) is 8.58. The van der Waals surface area contributed by atoms with Crippen LogP contribution in [0.4, 0.5) is 4.79 Å². The van der Waals surface area contributed by atoms with Crippen LogP contribution in [0.2, 0.25) is 0 Å². The van der Waals surface area contributed by atoms with Crippen LogP contribution in [0.15, 0.2) is 12.4 Å². The van der Waals surface area contributed by atoms with Gasteiger partial charge in [0.05, 0.1) is 12.7 Å². The van der Waals surface area contributed by atoms with Crippen LogP contribution >= 0.6 is 0 Å². The Labute approximate surface area is 138 Å². The number of nitrogens with one attached hydrogen (secondary N) is 2. The molecule has 1 aromatic heterocycles. The minimum atomic E-state index is -1.13. The van der Waals surface area contributed by atoms with Crippen LogP contribution in [0.25, 0.3) is 0 Å². The third-order valence-electron chi connectivity index (χ3n) is 4.93. The highest BCUT2D eigenvalue weighted by Crippen LogP contribution is 2.38. The van der Waals surface area contributed by atoms with Gasteiger partial charge in [0.1, 0.15) is 5.60 Å². The number of aryl methyl sites for hydroxylation is 1. The van der Waals surface area contributed by atoms with Crippen molar-refractivity contribution in [3.8, 4) is 0 Å². The lowest BCUT2D eigenvalue weighted by Gasteiger charge is -2.39. The first-order valence-electron chi connectivity index (χ1n) is 8.35. The van der Waals surface area contributed by atoms with Gasteiger partial charge in [0.25, 0.3) is 0 Å². The smallest absolute Gasteiger partial charge is 0.315 e. The molecule has 0 aromatic carbocycles. The maximum atomic E-state index is 12.1. The number of urea groups is 1. The van der Waals surface area contributed by atoms with Gasteiger partial charge in [-0.3, -0.25) is 4.68 Å². The molecular weight excluding hydrogens is 292 g/mol. The summed E-state index contributed by atoms with van der Waals surface area (Å²) in [6.07, 6.45) is 6.61. The highest BCUT2D eigenvalue weighted by molar-refractivity contribution is 5.74. The lowest BCUT2D eigenvalue weighted by molar-refractivity contribution is 0.0587. The molecule has 3 N–H and O–H groups in total. The SMILES string of the molecule is CC1CC(C)(C)CCC1NC(=O)NCC(C)(O)c1cnn(C)c1. The van der Waals surface area contributed by atoms with E-state index in [0.717, 1.165) is 19.3 Å². The van der Waals surface area contributed by atoms with Crippen LogP contribution in [0.5, 0.6) is 0 Å². The normalized spacial score (nSPS) is 26.3. The van der Waals surface area contributed by atoms with Gasteiger partial charge in [0.2, 0.25) is 0 Å². The van der Waals surface area contributed by atoms with Crippen LogP contribution in [-0.4, -0.2) is 33.5 Å². The van der Waals surface area contributed by atoms with Gasteiger partial charge in [0, 0.05) is 24.8 Å². The topological polar surface area (TPSA) is 79.2 Å². The van der Waals surface area contributed by atoms with E-state index < -0.39 is 5.60 Å². The van der Waals surface area contributed by atoms with Crippen molar-refractivity contribution in [2.24, 2.45) is 18.4 Å². The van der Waals surface area contributed by atoms with Crippen LogP contribution in [0.1, 0.15) is 52.5 Å². The van der Waals surface area contributed by atoms with E-state index in [-0.39, 0.29) is 18.6 Å². The van der Waals surface area contributed by atoms with Gasteiger partial charge < -0.3 is 15.7 Å². The molecule has 1 fully saturated rings. The van der Waals surface area contributed by atoms with E-state index in [1.54, 1.807) is 31.0 Å². The Morgan fingerprint density at radius 1 is 1.57 bits per heavy atom. The van der Waals surface area contributed by atoms with Crippen LogP contribution in [-0.2, 0) is 12.6 Å². The van der Waals surface area contributed by atoms with Crippen molar-refractivity contribution in [3.05, 3.63) is 18.0 Å². The number of rotatable bonds is 4. The minimum absolute atomic E-state index is 0.150. The maximum absolute atomic E-state index is 12.1. The second kappa shape index (κ2) is 6.51. The molecule has 6 nitrogen and oxygen atoms in total. The van der Waals surface area contributed by atoms with Crippen LogP contribution < -0.4 is 10.6 Å². The Morgan fingerprint density at radius 3 is 2.83 bits per heavy atom. The summed E-state index contributed by atoms with van der Waals surface area (Å²) in [6, 6.07) is -0.0166. The average Bonchev–Trinajstić information content (AvgIpc) is 2.87. The standard InChI is InChI=1S/C17H30N4O2/c1-12-8-16(2,3)7-6-14(12)20-15(22)18-11-17(4,23)13-9-19-21(5)10-13/h9-10,12,14,23H,6-8,11H2,1-5H3,(H2,18,20,22). The monoisotopic (exact) mass is 322 g/mol. The van der Waals surface area contributed by atoms with Gasteiger partial charge in [-0.2, -0.15) is 5.10 Å². The number of aromatic nitrogens is 2. The third-order valence-corrected chi connectivity index (χ3v) is 4.93. The first kappa shape index (κ1) is 17.8. The number of amides is 2. The predicted octanol–water partition coefficient (Wildman–Crippen LogP) is 2.14. The summed E-state index contributed by atoms with van der Waals surface area (Å²) in [5, 5.41) is 20.4. The van der Waals surface area contributed by atoms with Crippen molar-refractivity contribution in [2.45, 2.75) is 58.6 Å². The van der Waals surface area contributed by atoms with Crippen LogP contribution in [0, 0.1) is 11.3 Å². The number of aliphatic hydroxyl groups is 1. The van der Waals surface area contributed by atoms with E-state index in [0.29, 0.717) is 16.9 Å². The molecule has 2 rings (SSSR count). The van der Waals surface area contributed by atoms with Crippen LogP contribution in [0.3, 0.4) is 0 Å². The van der Waals surface area contributed by atoms with E-state index in [1.807, 2.05) is 0 Å². The van der Waals surface area contributed by atoms with E-state index >= 15 is 0 Å². The van der Waals surface area contributed by atoms with Gasteiger partial charge in [-0.15, -0.1) is 0 Å². The lowest BCUT2D eigenvalue weighted by atomic mass is 9.70. The highest BCUT2D eigenvalue weighted by Gasteiger charge is 2.33. The molecule has 1 aromatic rings. The Kier molecular flexibility index (Phi) is 5.04. The van der Waals surface area contributed by atoms with Crippen molar-refractivity contribution < 1.29 is 9.90 Å². The molecule has 1 saturated carbocycles. The average molecular weight is 322 g/mol. The highest BCUT2D eigenvalue weighted by atomic mass is 16.3. The zero-order valence-corrected chi connectivity index (χ0v) is 14.9. The molecule has 1 aliphatic carbocycles. The summed E-state index contributed by atoms with van der Waals surface area (Å²) in [5.41, 5.74) is -0.0859. The second-order valence-corrected chi connectivity index (χ2v) is 7.99. The molecule has 6 heteroatoms. The summed E-state index contributed by atoms with van der Waals surface area (Å²) in [4.78, 5) is 12.1. The fourth-order valence-electron chi connectivity index (χ4n) is 3.43. The molecule has 23 heavy (non-hydrogen) atoms. The van der Waals surface area contributed by atoms with Gasteiger partial charge in [-0.1, -0.05) is 20.8 Å². The summed E-state index contributed by atoms with van der Waals surface area (Å²) < 4.78 is 1.63. The summed E-state index contributed by atoms with van der Waals surface area (Å²) >= 11 is 0. The maximum Gasteiger partial charge on any atom is 0.315 e. The first-order valence-corrected chi connectivity index (χ1v) is 8.35. The van der Waals surface area contributed by atoms with Crippen molar-refractivity contribution in [2.75, 3.05) is 6.54 Å². The molecule has 3 unspecified atom stereocenters. The molecule has 1 aliphatic rings. The molecule has 0 bridgehead atoms. The Bertz CT molecular complexity index is 551. The third kappa shape index (κ3) is 4.70. The molecule has 0 aliphatic heterocycles. The van der Waals surface area contributed by atoms with Gasteiger partial charge >= 0.3 is 6.03 Å². The van der Waals surface area contributed by atoms with E-state index in [4.69, 9.17) is 0 Å². The molecular formula is C17H30N4O2. The first-order chi connectivity index (χ1) is 10.6. The second-order valence-electron chi connectivity index (χ2n) is 7.99. The van der Waals surface area contributed by atoms with Gasteiger partial charge in [-0.05, 0) is 37.5 Å². The van der Waals surface area contributed by atoms with Crippen molar-refractivity contribution >= 4 is 6.03 Å². The van der Waals surface area contributed by atoms with E-state index in [2.05, 4.69) is 36.5 Å². The number of carbonyl (C=O) groups is 1. The summed E-state index contributed by atoms with van der Waals surface area (Å²) in [5.74, 6) is 0.461. The Hall–Kier alpha value is -1.56. The summed E-state index contributed by atoms with van der Waals surface area (Å²) in [7, 11) is 1.80. The number of hydrogen-bond donors (Lipinski definition) is 3. The number of hydrogen-bond acceptors (Lipinski definition) is 3. The van der Waals surface area contributed by atoms with Crippen molar-refractivity contribution in [1.82, 2.24) is 20.4 Å². The van der Waals surface area contributed by atoms with Crippen molar-refractivity contribution in [3.63, 3.8) is 0 Å². The number of nitrogens with zero attached hydrogens (tertiary/aromatic N) is 2. The molecule has 130 valence electrons. The molecule has 2 amide bonds. The molecule has 1 heterocycles. The molecule has 0 spiro atoms. The predicted molar refractivity (Wildman–Crippen MR) is 89.9 cm³/mol.